The molecule has 0 aliphatic rings. The lowest BCUT2D eigenvalue weighted by Crippen LogP contribution is -2.38. The Balaban J connectivity index is 2.65. The highest BCUT2D eigenvalue weighted by Crippen LogP contribution is 2.17. The van der Waals surface area contributed by atoms with Crippen LogP contribution in [0.5, 0.6) is 0 Å². The van der Waals surface area contributed by atoms with Gasteiger partial charge in [0.25, 0.3) is 0 Å². The van der Waals surface area contributed by atoms with Crippen molar-refractivity contribution in [3.8, 4) is 0 Å². The molecule has 15 heavy (non-hydrogen) atoms. The van der Waals surface area contributed by atoms with Gasteiger partial charge in [0.05, 0.1) is 11.7 Å². The summed E-state index contributed by atoms with van der Waals surface area (Å²) < 4.78 is 35.7. The summed E-state index contributed by atoms with van der Waals surface area (Å²) in [5, 5.41) is 1.81. The van der Waals surface area contributed by atoms with E-state index in [1.54, 1.807) is 18.2 Å². The molecule has 0 aliphatic heterocycles. The molecule has 0 saturated heterocycles. The number of aromatic nitrogens is 1. The lowest BCUT2D eigenvalue weighted by atomic mass is 10.2. The summed E-state index contributed by atoms with van der Waals surface area (Å²) in [6.07, 6.45) is -3.41. The van der Waals surface area contributed by atoms with Gasteiger partial charge in [0.15, 0.2) is 0 Å². The maximum Gasteiger partial charge on any atom is 0.471 e. The van der Waals surface area contributed by atoms with E-state index >= 15 is 0 Å². The van der Waals surface area contributed by atoms with Crippen molar-refractivity contribution in [2.24, 2.45) is 0 Å². The smallest absolute Gasteiger partial charge is 0.340 e. The number of carbonyl (C=O) groups is 1. The predicted molar refractivity (Wildman–Crippen MR) is 46.8 cm³/mol. The standard InChI is InChI=1S/C9H9F3N2O/c1-6(7-4-2-3-5-13-7)14-8(15)9(10,11)12/h2-6H,1H3,(H,14,15)/t6-/m1/s1. The van der Waals surface area contributed by atoms with E-state index in [9.17, 15) is 18.0 Å². The van der Waals surface area contributed by atoms with Gasteiger partial charge in [0, 0.05) is 6.20 Å². The van der Waals surface area contributed by atoms with Crippen LogP contribution in [0.2, 0.25) is 0 Å². The number of nitrogens with one attached hydrogen (secondary N) is 1. The first-order valence-electron chi connectivity index (χ1n) is 4.20. The Kier molecular flexibility index (Phi) is 3.28. The Labute approximate surface area is 84.3 Å². The van der Waals surface area contributed by atoms with E-state index in [0.29, 0.717) is 5.69 Å². The molecular formula is C9H9F3N2O. The van der Waals surface area contributed by atoms with Gasteiger partial charge in [-0.2, -0.15) is 13.2 Å². The minimum atomic E-state index is -4.86. The summed E-state index contributed by atoms with van der Waals surface area (Å²) in [7, 11) is 0. The van der Waals surface area contributed by atoms with Crippen LogP contribution in [0.3, 0.4) is 0 Å². The first kappa shape index (κ1) is 11.5. The molecule has 0 aromatic carbocycles. The number of carbonyl (C=O) groups excluding carboxylic acids is 1. The maximum atomic E-state index is 11.9. The number of pyridine rings is 1. The highest BCUT2D eigenvalue weighted by atomic mass is 19.4. The third kappa shape index (κ3) is 3.23. The lowest BCUT2D eigenvalue weighted by Gasteiger charge is -2.14. The molecule has 0 saturated carbocycles. The zero-order valence-electron chi connectivity index (χ0n) is 7.88. The minimum absolute atomic E-state index is 0.384. The Hall–Kier alpha value is -1.59. The molecule has 1 heterocycles. The molecule has 0 radical (unpaired) electrons. The van der Waals surface area contributed by atoms with Crippen LogP contribution in [0.4, 0.5) is 13.2 Å². The molecule has 1 atom stereocenters. The maximum absolute atomic E-state index is 11.9. The van der Waals surface area contributed by atoms with Gasteiger partial charge in [-0.1, -0.05) is 6.07 Å². The predicted octanol–water partition coefficient (Wildman–Crippen LogP) is 1.82. The molecule has 0 spiro atoms. The summed E-state index contributed by atoms with van der Waals surface area (Å²) in [6.45, 7) is 1.44. The molecule has 1 aromatic heterocycles. The zero-order chi connectivity index (χ0) is 11.5. The summed E-state index contributed by atoms with van der Waals surface area (Å²) in [5.41, 5.74) is 0.384. The van der Waals surface area contributed by atoms with E-state index in [-0.39, 0.29) is 0 Å². The molecular weight excluding hydrogens is 209 g/mol. The van der Waals surface area contributed by atoms with E-state index in [4.69, 9.17) is 0 Å². The third-order valence-electron chi connectivity index (χ3n) is 1.74. The van der Waals surface area contributed by atoms with Gasteiger partial charge < -0.3 is 5.32 Å². The Bertz CT molecular complexity index is 337. The summed E-state index contributed by atoms with van der Waals surface area (Å²) in [6, 6.07) is 4.06. The molecule has 1 rings (SSSR count). The number of alkyl halides is 3. The van der Waals surface area contributed by atoms with Crippen LogP contribution in [0.1, 0.15) is 18.7 Å². The average Bonchev–Trinajstić information content (AvgIpc) is 2.17. The molecule has 0 fully saturated rings. The van der Waals surface area contributed by atoms with Crippen LogP contribution in [0.25, 0.3) is 0 Å². The fourth-order valence-electron chi connectivity index (χ4n) is 0.985. The van der Waals surface area contributed by atoms with Gasteiger partial charge in [0.2, 0.25) is 0 Å². The second kappa shape index (κ2) is 4.29. The van der Waals surface area contributed by atoms with Crippen molar-refractivity contribution in [2.45, 2.75) is 19.1 Å². The fourth-order valence-corrected chi connectivity index (χ4v) is 0.985. The van der Waals surface area contributed by atoms with Crippen molar-refractivity contribution >= 4 is 5.91 Å². The quantitative estimate of drug-likeness (QED) is 0.822. The summed E-state index contributed by atoms with van der Waals surface area (Å²) >= 11 is 0. The van der Waals surface area contributed by atoms with Crippen molar-refractivity contribution in [3.05, 3.63) is 30.1 Å². The van der Waals surface area contributed by atoms with Gasteiger partial charge in [-0.05, 0) is 19.1 Å². The number of nitrogens with zero attached hydrogens (tertiary/aromatic N) is 1. The number of rotatable bonds is 2. The van der Waals surface area contributed by atoms with Gasteiger partial charge in [-0.3, -0.25) is 9.78 Å². The van der Waals surface area contributed by atoms with E-state index in [0.717, 1.165) is 0 Å². The monoisotopic (exact) mass is 218 g/mol. The van der Waals surface area contributed by atoms with Gasteiger partial charge in [-0.25, -0.2) is 0 Å². The third-order valence-corrected chi connectivity index (χ3v) is 1.74. The Morgan fingerprint density at radius 2 is 2.13 bits per heavy atom. The van der Waals surface area contributed by atoms with Crippen LogP contribution >= 0.6 is 0 Å². The van der Waals surface area contributed by atoms with Crippen molar-refractivity contribution in [3.63, 3.8) is 0 Å². The first-order chi connectivity index (χ1) is 6.91. The summed E-state index contributed by atoms with van der Waals surface area (Å²) in [5.74, 6) is -1.96. The van der Waals surface area contributed by atoms with Crippen LogP contribution < -0.4 is 5.32 Å². The number of hydrogen-bond donors (Lipinski definition) is 1. The molecule has 1 aromatic rings. The number of amides is 1. The SMILES string of the molecule is C[C@@H](NC(=O)C(F)(F)F)c1ccccn1. The van der Waals surface area contributed by atoms with Crippen LogP contribution in [-0.2, 0) is 4.79 Å². The molecule has 3 nitrogen and oxygen atoms in total. The van der Waals surface area contributed by atoms with Crippen LogP contribution in [0.15, 0.2) is 24.4 Å². The molecule has 1 N–H and O–H groups in total. The lowest BCUT2D eigenvalue weighted by molar-refractivity contribution is -0.174. The van der Waals surface area contributed by atoms with E-state index in [2.05, 4.69) is 4.98 Å². The van der Waals surface area contributed by atoms with Crippen LogP contribution in [0, 0.1) is 0 Å². The van der Waals surface area contributed by atoms with Gasteiger partial charge >= 0.3 is 12.1 Å². The highest BCUT2D eigenvalue weighted by molar-refractivity contribution is 5.81. The minimum Gasteiger partial charge on any atom is -0.340 e. The number of hydrogen-bond acceptors (Lipinski definition) is 2. The van der Waals surface area contributed by atoms with Gasteiger partial charge in [0.1, 0.15) is 0 Å². The van der Waals surface area contributed by atoms with E-state index in [1.807, 2.05) is 5.32 Å². The average molecular weight is 218 g/mol. The van der Waals surface area contributed by atoms with E-state index < -0.39 is 18.1 Å². The largest absolute Gasteiger partial charge is 0.471 e. The highest BCUT2D eigenvalue weighted by Gasteiger charge is 2.39. The second-order valence-corrected chi connectivity index (χ2v) is 2.95. The van der Waals surface area contributed by atoms with E-state index in [1.165, 1.54) is 13.1 Å². The fraction of sp³-hybridized carbons (Fsp3) is 0.333. The van der Waals surface area contributed by atoms with Crippen molar-refractivity contribution in [2.75, 3.05) is 0 Å². The van der Waals surface area contributed by atoms with Crippen molar-refractivity contribution < 1.29 is 18.0 Å². The summed E-state index contributed by atoms with van der Waals surface area (Å²) in [4.78, 5) is 14.4. The molecule has 6 heteroatoms. The Morgan fingerprint density at radius 1 is 1.47 bits per heavy atom. The van der Waals surface area contributed by atoms with Gasteiger partial charge in [-0.15, -0.1) is 0 Å². The topological polar surface area (TPSA) is 42.0 Å². The van der Waals surface area contributed by atoms with Crippen molar-refractivity contribution in [1.82, 2.24) is 10.3 Å². The Morgan fingerprint density at radius 3 is 2.60 bits per heavy atom. The first-order valence-corrected chi connectivity index (χ1v) is 4.20. The molecule has 0 aliphatic carbocycles. The van der Waals surface area contributed by atoms with Crippen LogP contribution in [-0.4, -0.2) is 17.1 Å². The number of halogens is 3. The molecule has 0 unspecified atom stereocenters. The van der Waals surface area contributed by atoms with Crippen molar-refractivity contribution in [1.29, 1.82) is 0 Å². The molecule has 82 valence electrons. The molecule has 1 amide bonds. The zero-order valence-corrected chi connectivity index (χ0v) is 7.88. The second-order valence-electron chi connectivity index (χ2n) is 2.95. The molecule has 0 bridgehead atoms. The normalized spacial score (nSPS) is 13.3.